The van der Waals surface area contributed by atoms with Gasteiger partial charge in [0.25, 0.3) is 0 Å². The van der Waals surface area contributed by atoms with E-state index in [4.69, 9.17) is 22.3 Å². The first-order chi connectivity index (χ1) is 14.4. The van der Waals surface area contributed by atoms with Crippen molar-refractivity contribution >= 4 is 39.6 Å². The summed E-state index contributed by atoms with van der Waals surface area (Å²) >= 11 is 6.13. The molecule has 4 rings (SSSR count). The predicted octanol–water partition coefficient (Wildman–Crippen LogP) is 5.34. The molecule has 1 heterocycles. The second kappa shape index (κ2) is 8.22. The lowest BCUT2D eigenvalue weighted by Gasteiger charge is -2.11. The van der Waals surface area contributed by atoms with Crippen molar-refractivity contribution in [2.45, 2.75) is 6.54 Å². The average molecular weight is 419 g/mol. The van der Waals surface area contributed by atoms with Gasteiger partial charge in [0.05, 0.1) is 22.5 Å². The molecule has 0 unspecified atom stereocenters. The van der Waals surface area contributed by atoms with Crippen LogP contribution in [0, 0.1) is 0 Å². The number of hydrogen-bond donors (Lipinski definition) is 3. The topological polar surface area (TPSA) is 77.6 Å². The summed E-state index contributed by atoms with van der Waals surface area (Å²) in [7, 11) is 4.08. The van der Waals surface area contributed by atoms with Gasteiger partial charge in [0.2, 0.25) is 0 Å². The molecular weight excluding hydrogens is 396 g/mol. The van der Waals surface area contributed by atoms with E-state index in [0.717, 1.165) is 28.7 Å². The van der Waals surface area contributed by atoms with Crippen molar-refractivity contribution in [1.82, 2.24) is 9.88 Å². The van der Waals surface area contributed by atoms with Crippen LogP contribution in [0.4, 0.5) is 11.4 Å². The number of H-pyrrole nitrogens is 1. The SMILES string of the molecule is CN(C)Cc1ccc(N=C(c2ccc(N)cc2)c2c(O)[nH]c3cc(Cl)ccc23)cc1. The van der Waals surface area contributed by atoms with E-state index in [1.807, 2.05) is 56.6 Å². The standard InChI is InChI=1S/C24H23ClN4O/c1-29(2)14-15-3-10-19(11-4-15)27-23(16-5-8-18(26)9-6-16)22-20-12-7-17(25)13-21(20)28-24(22)30/h3-13,28,30H,14,26H2,1-2H3. The normalized spacial score (nSPS) is 12.1. The maximum atomic E-state index is 10.7. The Kier molecular flexibility index (Phi) is 5.48. The summed E-state index contributed by atoms with van der Waals surface area (Å²) in [4.78, 5) is 10.0. The lowest BCUT2D eigenvalue weighted by Crippen LogP contribution is -2.10. The molecule has 0 saturated carbocycles. The highest BCUT2D eigenvalue weighted by Gasteiger charge is 2.19. The molecule has 0 amide bonds. The maximum absolute atomic E-state index is 10.7. The molecule has 3 aromatic carbocycles. The van der Waals surface area contributed by atoms with Gasteiger partial charge in [-0.05, 0) is 56.1 Å². The lowest BCUT2D eigenvalue weighted by atomic mass is 10.0. The van der Waals surface area contributed by atoms with Gasteiger partial charge in [0, 0.05) is 28.2 Å². The number of anilines is 1. The van der Waals surface area contributed by atoms with Gasteiger partial charge >= 0.3 is 0 Å². The zero-order valence-corrected chi connectivity index (χ0v) is 17.6. The Morgan fingerprint density at radius 1 is 1.03 bits per heavy atom. The summed E-state index contributed by atoms with van der Waals surface area (Å²) in [5, 5.41) is 12.2. The monoisotopic (exact) mass is 418 g/mol. The van der Waals surface area contributed by atoms with E-state index in [-0.39, 0.29) is 5.88 Å². The summed E-state index contributed by atoms with van der Waals surface area (Å²) in [6.45, 7) is 0.860. The molecule has 1 aromatic heterocycles. The van der Waals surface area contributed by atoms with E-state index in [2.05, 4.69) is 22.0 Å². The van der Waals surface area contributed by atoms with Crippen LogP contribution >= 0.6 is 11.6 Å². The van der Waals surface area contributed by atoms with Crippen molar-refractivity contribution in [2.75, 3.05) is 19.8 Å². The summed E-state index contributed by atoms with van der Waals surface area (Å²) in [6.07, 6.45) is 0. The number of nitrogens with one attached hydrogen (secondary N) is 1. The van der Waals surface area contributed by atoms with Gasteiger partial charge in [0.1, 0.15) is 0 Å². The molecule has 0 spiro atoms. The first-order valence-electron chi connectivity index (χ1n) is 9.59. The minimum Gasteiger partial charge on any atom is -0.494 e. The number of aromatic hydroxyl groups is 1. The second-order valence-electron chi connectivity index (χ2n) is 7.53. The van der Waals surface area contributed by atoms with Gasteiger partial charge in [-0.2, -0.15) is 0 Å². The van der Waals surface area contributed by atoms with Crippen LogP contribution in [0.15, 0.2) is 71.7 Å². The van der Waals surface area contributed by atoms with Crippen molar-refractivity contribution in [1.29, 1.82) is 0 Å². The summed E-state index contributed by atoms with van der Waals surface area (Å²) < 4.78 is 0. The Morgan fingerprint density at radius 3 is 2.40 bits per heavy atom. The highest BCUT2D eigenvalue weighted by Crippen LogP contribution is 2.33. The molecule has 0 aliphatic carbocycles. The number of nitrogens with two attached hydrogens (primary N) is 1. The summed E-state index contributed by atoms with van der Waals surface area (Å²) in [6, 6.07) is 21.0. The Balaban J connectivity index is 1.87. The molecule has 0 radical (unpaired) electrons. The van der Waals surface area contributed by atoms with Crippen LogP contribution < -0.4 is 5.73 Å². The molecule has 6 heteroatoms. The van der Waals surface area contributed by atoms with E-state index in [9.17, 15) is 5.11 Å². The quantitative estimate of drug-likeness (QED) is 0.302. The first-order valence-corrected chi connectivity index (χ1v) is 9.97. The van der Waals surface area contributed by atoms with E-state index in [1.54, 1.807) is 12.1 Å². The number of aromatic nitrogens is 1. The van der Waals surface area contributed by atoms with Gasteiger partial charge in [-0.3, -0.25) is 0 Å². The van der Waals surface area contributed by atoms with Crippen LogP contribution in [-0.4, -0.2) is 34.8 Å². The van der Waals surface area contributed by atoms with E-state index < -0.39 is 0 Å². The third kappa shape index (κ3) is 4.17. The number of nitrogen functional groups attached to an aromatic ring is 1. The minimum atomic E-state index is 0.0482. The molecule has 0 bridgehead atoms. The molecule has 4 N–H and O–H groups in total. The summed E-state index contributed by atoms with van der Waals surface area (Å²) in [5.74, 6) is 0.0482. The molecule has 0 atom stereocenters. The zero-order chi connectivity index (χ0) is 21.3. The Morgan fingerprint density at radius 2 is 1.73 bits per heavy atom. The van der Waals surface area contributed by atoms with E-state index in [1.165, 1.54) is 5.56 Å². The number of benzene rings is 3. The van der Waals surface area contributed by atoms with Crippen LogP contribution in [0.3, 0.4) is 0 Å². The fourth-order valence-corrected chi connectivity index (χ4v) is 3.64. The Hall–Kier alpha value is -3.28. The number of nitrogens with zero attached hydrogens (tertiary/aromatic N) is 2. The van der Waals surface area contributed by atoms with Crippen LogP contribution in [0.1, 0.15) is 16.7 Å². The highest BCUT2D eigenvalue weighted by atomic mass is 35.5. The number of fused-ring (bicyclic) bond motifs is 1. The third-order valence-corrected chi connectivity index (χ3v) is 5.07. The second-order valence-corrected chi connectivity index (χ2v) is 7.96. The fourth-order valence-electron chi connectivity index (χ4n) is 3.47. The van der Waals surface area contributed by atoms with Crippen LogP contribution in [-0.2, 0) is 6.54 Å². The molecule has 4 aromatic rings. The number of rotatable bonds is 5. The van der Waals surface area contributed by atoms with Crippen molar-refractivity contribution in [2.24, 2.45) is 4.99 Å². The Bertz CT molecular complexity index is 1210. The third-order valence-electron chi connectivity index (χ3n) is 4.84. The molecule has 0 saturated heterocycles. The molecule has 0 aliphatic rings. The number of aliphatic imine (C=N–C) groups is 1. The molecule has 30 heavy (non-hydrogen) atoms. The largest absolute Gasteiger partial charge is 0.494 e. The van der Waals surface area contributed by atoms with Crippen LogP contribution in [0.5, 0.6) is 5.88 Å². The van der Waals surface area contributed by atoms with Crippen LogP contribution in [0.2, 0.25) is 5.02 Å². The zero-order valence-electron chi connectivity index (χ0n) is 16.9. The molecule has 152 valence electrons. The fraction of sp³-hybridized carbons (Fsp3) is 0.125. The van der Waals surface area contributed by atoms with Crippen molar-refractivity contribution in [3.63, 3.8) is 0 Å². The van der Waals surface area contributed by atoms with E-state index >= 15 is 0 Å². The first kappa shape index (κ1) is 20.0. The van der Waals surface area contributed by atoms with E-state index in [0.29, 0.717) is 22.0 Å². The van der Waals surface area contributed by atoms with Crippen molar-refractivity contribution in [3.8, 4) is 5.88 Å². The Labute approximate surface area is 180 Å². The van der Waals surface area contributed by atoms with Gasteiger partial charge in [0.15, 0.2) is 5.88 Å². The number of aromatic amines is 1. The van der Waals surface area contributed by atoms with Crippen LogP contribution in [0.25, 0.3) is 10.9 Å². The van der Waals surface area contributed by atoms with Crippen molar-refractivity contribution < 1.29 is 5.11 Å². The predicted molar refractivity (Wildman–Crippen MR) is 125 cm³/mol. The van der Waals surface area contributed by atoms with Gasteiger partial charge in [-0.25, -0.2) is 4.99 Å². The van der Waals surface area contributed by atoms with Crippen molar-refractivity contribution in [3.05, 3.63) is 88.4 Å². The lowest BCUT2D eigenvalue weighted by molar-refractivity contribution is 0.402. The summed E-state index contributed by atoms with van der Waals surface area (Å²) in [5.41, 5.74) is 11.4. The molecule has 0 fully saturated rings. The highest BCUT2D eigenvalue weighted by molar-refractivity contribution is 6.31. The number of halogens is 1. The minimum absolute atomic E-state index is 0.0482. The number of hydrogen-bond acceptors (Lipinski definition) is 4. The molecule has 5 nitrogen and oxygen atoms in total. The molecular formula is C24H23ClN4O. The maximum Gasteiger partial charge on any atom is 0.199 e. The average Bonchev–Trinajstić information content (AvgIpc) is 3.02. The van der Waals surface area contributed by atoms with Gasteiger partial charge < -0.3 is 20.7 Å². The van der Waals surface area contributed by atoms with Gasteiger partial charge in [-0.1, -0.05) is 41.9 Å². The van der Waals surface area contributed by atoms with Gasteiger partial charge in [-0.15, -0.1) is 0 Å². The molecule has 0 aliphatic heterocycles. The smallest absolute Gasteiger partial charge is 0.199 e.